The first kappa shape index (κ1) is 13.2. The normalized spacial score (nSPS) is 13.9. The first-order valence-electron chi connectivity index (χ1n) is 5.40. The number of hydrogen-bond donors (Lipinski definition) is 1. The van der Waals surface area contributed by atoms with Crippen LogP contribution in [0.4, 0.5) is 0 Å². The largest absolute Gasteiger partial charge is 0.337 e. The van der Waals surface area contributed by atoms with Crippen molar-refractivity contribution in [1.82, 2.24) is 9.55 Å². The number of unbranched alkanes of at least 4 members (excludes halogenated alkanes) is 2. The highest BCUT2D eigenvalue weighted by Gasteiger charge is 2.27. The Labute approximate surface area is 96.3 Å². The van der Waals surface area contributed by atoms with Gasteiger partial charge in [0.2, 0.25) is 0 Å². The second kappa shape index (κ2) is 5.45. The van der Waals surface area contributed by atoms with Crippen LogP contribution in [0.2, 0.25) is 0 Å². The lowest BCUT2D eigenvalue weighted by molar-refractivity contribution is 0.454. The zero-order valence-electron chi connectivity index (χ0n) is 9.63. The average Bonchev–Trinajstić information content (AvgIpc) is 2.57. The lowest BCUT2D eigenvalue weighted by Crippen LogP contribution is -2.16. The topological polar surface area (TPSA) is 72.2 Å². The van der Waals surface area contributed by atoms with Crippen molar-refractivity contribution in [3.05, 3.63) is 18.2 Å². The highest BCUT2D eigenvalue weighted by Crippen LogP contribution is 2.25. The van der Waals surface area contributed by atoms with Gasteiger partial charge in [-0.3, -0.25) is 4.55 Å². The summed E-state index contributed by atoms with van der Waals surface area (Å²) in [4.78, 5) is 3.99. The molecule has 1 N–H and O–H groups in total. The van der Waals surface area contributed by atoms with E-state index < -0.39 is 15.4 Å². The Kier molecular flexibility index (Phi) is 4.49. The summed E-state index contributed by atoms with van der Waals surface area (Å²) in [6.07, 6.45) is 6.36. The summed E-state index contributed by atoms with van der Waals surface area (Å²) in [6.45, 7) is 2.04. The minimum atomic E-state index is -4.07. The molecule has 0 aliphatic heterocycles. The second-order valence-corrected chi connectivity index (χ2v) is 5.49. The van der Waals surface area contributed by atoms with E-state index in [-0.39, 0.29) is 0 Å². The summed E-state index contributed by atoms with van der Waals surface area (Å²) in [5.74, 6) is 0.401. The molecular formula is C10H18N2O3S. The maximum absolute atomic E-state index is 11.3. The van der Waals surface area contributed by atoms with Crippen LogP contribution >= 0.6 is 0 Å². The Morgan fingerprint density at radius 2 is 2.19 bits per heavy atom. The molecule has 92 valence electrons. The fraction of sp³-hybridized carbons (Fsp3) is 0.700. The van der Waals surface area contributed by atoms with Crippen molar-refractivity contribution in [2.75, 3.05) is 0 Å². The minimum absolute atomic E-state index is 0.401. The molecule has 16 heavy (non-hydrogen) atoms. The summed E-state index contributed by atoms with van der Waals surface area (Å²) in [7, 11) is -2.35. The van der Waals surface area contributed by atoms with E-state index in [9.17, 15) is 13.0 Å². The number of imidazole rings is 1. The monoisotopic (exact) mass is 246 g/mol. The summed E-state index contributed by atoms with van der Waals surface area (Å²) in [6, 6.07) is 0. The summed E-state index contributed by atoms with van der Waals surface area (Å²) in [5.41, 5.74) is 0. The molecule has 1 rings (SSSR count). The zero-order chi connectivity index (χ0) is 12.2. The highest BCUT2D eigenvalue weighted by atomic mass is 32.2. The van der Waals surface area contributed by atoms with Gasteiger partial charge in [-0.25, -0.2) is 4.98 Å². The van der Waals surface area contributed by atoms with Gasteiger partial charge in [-0.15, -0.1) is 0 Å². The Morgan fingerprint density at radius 3 is 2.62 bits per heavy atom. The van der Waals surface area contributed by atoms with E-state index in [1.807, 2.05) is 6.92 Å². The van der Waals surface area contributed by atoms with Crippen LogP contribution in [0.3, 0.4) is 0 Å². The SMILES string of the molecule is CCCCCC(c1nccn1C)S(=O)(=O)O. The van der Waals surface area contributed by atoms with E-state index >= 15 is 0 Å². The number of hydrogen-bond acceptors (Lipinski definition) is 3. The van der Waals surface area contributed by atoms with E-state index in [1.165, 1.54) is 6.20 Å². The molecule has 0 amide bonds. The van der Waals surface area contributed by atoms with Gasteiger partial charge in [0.05, 0.1) is 0 Å². The molecule has 6 heteroatoms. The Hall–Kier alpha value is -0.880. The molecule has 0 aliphatic carbocycles. The molecule has 0 spiro atoms. The number of rotatable bonds is 6. The quantitative estimate of drug-likeness (QED) is 0.615. The minimum Gasteiger partial charge on any atom is -0.337 e. The predicted molar refractivity (Wildman–Crippen MR) is 61.6 cm³/mol. The first-order valence-corrected chi connectivity index (χ1v) is 6.90. The van der Waals surface area contributed by atoms with Gasteiger partial charge in [0.15, 0.2) is 0 Å². The summed E-state index contributed by atoms with van der Waals surface area (Å²) in [5, 5.41) is -0.904. The maximum atomic E-state index is 11.3. The van der Waals surface area contributed by atoms with Crippen molar-refractivity contribution in [2.24, 2.45) is 7.05 Å². The van der Waals surface area contributed by atoms with Gasteiger partial charge in [-0.2, -0.15) is 8.42 Å². The smallest absolute Gasteiger partial charge is 0.275 e. The fourth-order valence-corrected chi connectivity index (χ4v) is 2.64. The molecule has 0 radical (unpaired) electrons. The van der Waals surface area contributed by atoms with Gasteiger partial charge in [0.1, 0.15) is 11.1 Å². The van der Waals surface area contributed by atoms with Crippen LogP contribution in [0.5, 0.6) is 0 Å². The van der Waals surface area contributed by atoms with Crippen LogP contribution in [0.15, 0.2) is 12.4 Å². The molecular weight excluding hydrogens is 228 g/mol. The number of nitrogens with zero attached hydrogens (tertiary/aromatic N) is 2. The Bertz CT molecular complexity index is 425. The molecule has 5 nitrogen and oxygen atoms in total. The molecule has 0 saturated carbocycles. The van der Waals surface area contributed by atoms with Crippen LogP contribution in [0, 0.1) is 0 Å². The van der Waals surface area contributed by atoms with Crippen molar-refractivity contribution in [3.8, 4) is 0 Å². The highest BCUT2D eigenvalue weighted by molar-refractivity contribution is 7.86. The zero-order valence-corrected chi connectivity index (χ0v) is 10.4. The molecule has 1 heterocycles. The maximum Gasteiger partial charge on any atom is 0.275 e. The third kappa shape index (κ3) is 3.31. The fourth-order valence-electron chi connectivity index (χ4n) is 1.68. The van der Waals surface area contributed by atoms with Crippen LogP contribution in [-0.4, -0.2) is 22.5 Å². The molecule has 1 aromatic rings. The van der Waals surface area contributed by atoms with Crippen LogP contribution in [0.1, 0.15) is 43.7 Å². The predicted octanol–water partition coefficient (Wildman–Crippen LogP) is 1.93. The molecule has 0 fully saturated rings. The summed E-state index contributed by atoms with van der Waals surface area (Å²) < 4.78 is 33.4. The van der Waals surface area contributed by atoms with E-state index in [1.54, 1.807) is 17.8 Å². The van der Waals surface area contributed by atoms with E-state index in [4.69, 9.17) is 0 Å². The van der Waals surface area contributed by atoms with Crippen molar-refractivity contribution < 1.29 is 13.0 Å². The first-order chi connectivity index (χ1) is 7.46. The molecule has 0 aliphatic rings. The lowest BCUT2D eigenvalue weighted by Gasteiger charge is -2.13. The van der Waals surface area contributed by atoms with E-state index in [2.05, 4.69) is 4.98 Å². The molecule has 1 atom stereocenters. The van der Waals surface area contributed by atoms with Crippen LogP contribution in [-0.2, 0) is 17.2 Å². The van der Waals surface area contributed by atoms with E-state index in [0.29, 0.717) is 12.2 Å². The van der Waals surface area contributed by atoms with Crippen LogP contribution in [0.25, 0.3) is 0 Å². The van der Waals surface area contributed by atoms with Gasteiger partial charge < -0.3 is 4.57 Å². The molecule has 0 saturated heterocycles. The van der Waals surface area contributed by atoms with Crippen LogP contribution < -0.4 is 0 Å². The van der Waals surface area contributed by atoms with Gasteiger partial charge in [-0.05, 0) is 6.42 Å². The van der Waals surface area contributed by atoms with Crippen molar-refractivity contribution in [1.29, 1.82) is 0 Å². The molecule has 1 unspecified atom stereocenters. The van der Waals surface area contributed by atoms with Gasteiger partial charge in [0.25, 0.3) is 10.1 Å². The average molecular weight is 246 g/mol. The Morgan fingerprint density at radius 1 is 1.50 bits per heavy atom. The van der Waals surface area contributed by atoms with Crippen molar-refractivity contribution >= 4 is 10.1 Å². The summed E-state index contributed by atoms with van der Waals surface area (Å²) >= 11 is 0. The van der Waals surface area contributed by atoms with E-state index in [0.717, 1.165) is 19.3 Å². The second-order valence-electron chi connectivity index (χ2n) is 3.90. The Balaban J connectivity index is 2.85. The number of aromatic nitrogens is 2. The van der Waals surface area contributed by atoms with Crippen molar-refractivity contribution in [3.63, 3.8) is 0 Å². The lowest BCUT2D eigenvalue weighted by atomic mass is 10.1. The van der Waals surface area contributed by atoms with Gasteiger partial charge in [0, 0.05) is 19.4 Å². The third-order valence-corrected chi connectivity index (χ3v) is 3.74. The van der Waals surface area contributed by atoms with Gasteiger partial charge >= 0.3 is 0 Å². The number of aryl methyl sites for hydroxylation is 1. The molecule has 1 aromatic heterocycles. The molecule has 0 bridgehead atoms. The standard InChI is InChI=1S/C10H18N2O3S/c1-3-4-5-6-9(16(13,14)15)10-11-7-8-12(10)2/h7-9H,3-6H2,1-2H3,(H,13,14,15). The third-order valence-electron chi connectivity index (χ3n) is 2.58. The van der Waals surface area contributed by atoms with Crippen molar-refractivity contribution in [2.45, 2.75) is 37.9 Å². The van der Waals surface area contributed by atoms with Gasteiger partial charge in [-0.1, -0.05) is 26.2 Å². The molecule has 0 aromatic carbocycles.